The van der Waals surface area contributed by atoms with E-state index in [4.69, 9.17) is 47.0 Å². The minimum atomic E-state index is -1.54. The fraction of sp³-hybridized carbons (Fsp3) is 0.333. The lowest BCUT2D eigenvalue weighted by Crippen LogP contribution is -2.07. The Morgan fingerprint density at radius 3 is 2.50 bits per heavy atom. The van der Waals surface area contributed by atoms with E-state index >= 15 is 0 Å². The molecular formula is C6H5Cl3N2S. The zero-order valence-electron chi connectivity index (χ0n) is 6.07. The summed E-state index contributed by atoms with van der Waals surface area (Å²) in [6.07, 6.45) is 0. The third-order valence-electron chi connectivity index (χ3n) is 1.15. The Kier molecular flexibility index (Phi) is 2.99. The monoisotopic (exact) mass is 242 g/mol. The average Bonchev–Trinajstić information content (AvgIpc) is 1.82. The molecule has 0 aliphatic carbocycles. The molecule has 0 saturated carbocycles. The Labute approximate surface area is 89.9 Å². The van der Waals surface area contributed by atoms with E-state index in [1.54, 1.807) is 6.07 Å². The summed E-state index contributed by atoms with van der Waals surface area (Å²) in [4.78, 5) is 6.68. The van der Waals surface area contributed by atoms with Crippen LogP contribution in [0.25, 0.3) is 0 Å². The second-order valence-corrected chi connectivity index (χ2v) is 4.95. The highest BCUT2D eigenvalue weighted by atomic mass is 35.6. The Morgan fingerprint density at radius 1 is 1.50 bits per heavy atom. The number of hydrogen-bond acceptors (Lipinski definition) is 2. The second kappa shape index (κ2) is 3.50. The summed E-state index contributed by atoms with van der Waals surface area (Å²) >= 11 is 21.6. The maximum Gasteiger partial charge on any atom is 0.248 e. The van der Waals surface area contributed by atoms with Crippen molar-refractivity contribution in [2.24, 2.45) is 0 Å². The van der Waals surface area contributed by atoms with E-state index in [2.05, 4.69) is 9.97 Å². The lowest BCUT2D eigenvalue weighted by atomic mass is 10.4. The van der Waals surface area contributed by atoms with Crippen LogP contribution in [-0.4, -0.2) is 9.97 Å². The SMILES string of the molecule is Cc1cc(=S)nc(C(Cl)(Cl)Cl)[nH]1. The van der Waals surface area contributed by atoms with Gasteiger partial charge in [0.15, 0.2) is 5.82 Å². The number of nitrogens with zero attached hydrogens (tertiary/aromatic N) is 1. The van der Waals surface area contributed by atoms with Gasteiger partial charge in [-0.15, -0.1) is 0 Å². The largest absolute Gasteiger partial charge is 0.344 e. The van der Waals surface area contributed by atoms with E-state index in [1.165, 1.54) is 0 Å². The molecule has 2 nitrogen and oxygen atoms in total. The van der Waals surface area contributed by atoms with Crippen molar-refractivity contribution in [1.82, 2.24) is 9.97 Å². The molecule has 0 unspecified atom stereocenters. The smallest absolute Gasteiger partial charge is 0.248 e. The van der Waals surface area contributed by atoms with Gasteiger partial charge in [0.25, 0.3) is 0 Å². The van der Waals surface area contributed by atoms with Crippen molar-refractivity contribution in [3.8, 4) is 0 Å². The van der Waals surface area contributed by atoms with Gasteiger partial charge in [-0.2, -0.15) is 0 Å². The summed E-state index contributed by atoms with van der Waals surface area (Å²) in [6.45, 7) is 1.82. The third kappa shape index (κ3) is 2.59. The molecule has 0 fully saturated rings. The van der Waals surface area contributed by atoms with E-state index in [1.807, 2.05) is 6.92 Å². The first-order valence-corrected chi connectivity index (χ1v) is 4.59. The fourth-order valence-corrected chi connectivity index (χ4v) is 1.25. The molecule has 0 aliphatic rings. The van der Waals surface area contributed by atoms with Gasteiger partial charge in [-0.1, -0.05) is 47.0 Å². The quantitative estimate of drug-likeness (QED) is 0.560. The van der Waals surface area contributed by atoms with Crippen molar-refractivity contribution < 1.29 is 0 Å². The maximum absolute atomic E-state index is 5.59. The molecule has 0 bridgehead atoms. The normalized spacial score (nSPS) is 11.7. The number of nitrogens with one attached hydrogen (secondary N) is 1. The molecule has 0 radical (unpaired) electrons. The molecule has 0 amide bonds. The van der Waals surface area contributed by atoms with Crippen LogP contribution >= 0.6 is 47.0 Å². The summed E-state index contributed by atoms with van der Waals surface area (Å²) in [6, 6.07) is 1.69. The topological polar surface area (TPSA) is 28.7 Å². The van der Waals surface area contributed by atoms with Crippen LogP contribution in [0.15, 0.2) is 6.07 Å². The van der Waals surface area contributed by atoms with Gasteiger partial charge in [-0.25, -0.2) is 4.98 Å². The van der Waals surface area contributed by atoms with Gasteiger partial charge in [-0.05, 0) is 13.0 Å². The molecular weight excluding hydrogens is 239 g/mol. The van der Waals surface area contributed by atoms with Crippen molar-refractivity contribution >= 4 is 47.0 Å². The highest BCUT2D eigenvalue weighted by molar-refractivity contribution is 7.71. The van der Waals surface area contributed by atoms with Crippen LogP contribution in [0.4, 0.5) is 0 Å². The molecule has 1 heterocycles. The number of H-pyrrole nitrogens is 1. The van der Waals surface area contributed by atoms with Crippen LogP contribution < -0.4 is 0 Å². The number of aryl methyl sites for hydroxylation is 1. The zero-order chi connectivity index (χ0) is 9.35. The van der Waals surface area contributed by atoms with Crippen molar-refractivity contribution in [1.29, 1.82) is 0 Å². The summed E-state index contributed by atoms with van der Waals surface area (Å²) < 4.78 is -1.13. The number of aromatic nitrogens is 2. The molecule has 1 rings (SSSR count). The minimum absolute atomic E-state index is 0.248. The molecule has 1 aromatic rings. The lowest BCUT2D eigenvalue weighted by molar-refractivity contribution is 0.934. The van der Waals surface area contributed by atoms with Gasteiger partial charge >= 0.3 is 0 Å². The minimum Gasteiger partial charge on any atom is -0.344 e. The first-order valence-electron chi connectivity index (χ1n) is 3.05. The summed E-state index contributed by atoms with van der Waals surface area (Å²) in [5.74, 6) is 0.248. The van der Waals surface area contributed by atoms with Gasteiger partial charge < -0.3 is 4.98 Å². The molecule has 0 aliphatic heterocycles. The van der Waals surface area contributed by atoms with E-state index in [9.17, 15) is 0 Å². The van der Waals surface area contributed by atoms with Gasteiger partial charge in [-0.3, -0.25) is 0 Å². The van der Waals surface area contributed by atoms with Crippen LogP contribution in [0.3, 0.4) is 0 Å². The Bertz CT molecular complexity index is 341. The molecule has 0 atom stereocenters. The number of alkyl halides is 3. The lowest BCUT2D eigenvalue weighted by Gasteiger charge is -2.09. The molecule has 0 spiro atoms. The van der Waals surface area contributed by atoms with Crippen LogP contribution in [0, 0.1) is 11.6 Å². The standard InChI is InChI=1S/C6H5Cl3N2S/c1-3-2-4(12)11-5(10-3)6(7,8)9/h2H,1H3,(H,10,11,12). The van der Waals surface area contributed by atoms with Crippen LogP contribution in [0.5, 0.6) is 0 Å². The number of aromatic amines is 1. The molecule has 0 saturated heterocycles. The Hall–Kier alpha value is 0.170. The zero-order valence-corrected chi connectivity index (χ0v) is 9.15. The molecule has 66 valence electrons. The predicted octanol–water partition coefficient (Wildman–Crippen LogP) is 3.27. The Balaban J connectivity index is 3.27. The first kappa shape index (κ1) is 10.3. The second-order valence-electron chi connectivity index (χ2n) is 2.25. The maximum atomic E-state index is 5.59. The number of hydrogen-bond donors (Lipinski definition) is 1. The molecule has 1 aromatic heterocycles. The highest BCUT2D eigenvalue weighted by Gasteiger charge is 2.25. The van der Waals surface area contributed by atoms with Crippen molar-refractivity contribution in [2.75, 3.05) is 0 Å². The van der Waals surface area contributed by atoms with E-state index in [0.717, 1.165) is 5.69 Å². The van der Waals surface area contributed by atoms with Crippen molar-refractivity contribution in [2.45, 2.75) is 10.7 Å². The van der Waals surface area contributed by atoms with Gasteiger partial charge in [0.2, 0.25) is 3.79 Å². The van der Waals surface area contributed by atoms with E-state index in [-0.39, 0.29) is 5.82 Å². The Morgan fingerprint density at radius 2 is 2.08 bits per heavy atom. The third-order valence-corrected chi connectivity index (χ3v) is 1.89. The van der Waals surface area contributed by atoms with Gasteiger partial charge in [0, 0.05) is 5.69 Å². The van der Waals surface area contributed by atoms with Gasteiger partial charge in [0.1, 0.15) is 4.64 Å². The van der Waals surface area contributed by atoms with E-state index < -0.39 is 3.79 Å². The molecule has 6 heteroatoms. The predicted molar refractivity (Wildman–Crippen MR) is 53.4 cm³/mol. The highest BCUT2D eigenvalue weighted by Crippen LogP contribution is 2.35. The molecule has 0 aromatic carbocycles. The molecule has 1 N–H and O–H groups in total. The summed E-state index contributed by atoms with van der Waals surface area (Å²) in [5.41, 5.74) is 0.816. The van der Waals surface area contributed by atoms with Gasteiger partial charge in [0.05, 0.1) is 0 Å². The average molecular weight is 244 g/mol. The first-order chi connectivity index (χ1) is 5.39. The summed E-state index contributed by atoms with van der Waals surface area (Å²) in [7, 11) is 0. The van der Waals surface area contributed by atoms with Crippen LogP contribution in [-0.2, 0) is 3.79 Å². The molecule has 12 heavy (non-hydrogen) atoms. The number of rotatable bonds is 0. The fourth-order valence-electron chi connectivity index (χ4n) is 0.713. The van der Waals surface area contributed by atoms with Crippen LogP contribution in [0.1, 0.15) is 11.5 Å². The van der Waals surface area contributed by atoms with Crippen molar-refractivity contribution in [3.05, 3.63) is 22.2 Å². The van der Waals surface area contributed by atoms with Crippen LogP contribution in [0.2, 0.25) is 0 Å². The summed E-state index contributed by atoms with van der Waals surface area (Å²) in [5, 5.41) is 0. The number of halogens is 3. The van der Waals surface area contributed by atoms with E-state index in [0.29, 0.717) is 4.64 Å². The van der Waals surface area contributed by atoms with Crippen molar-refractivity contribution in [3.63, 3.8) is 0 Å².